The average Bonchev–Trinajstić information content (AvgIpc) is 2.65. The summed E-state index contributed by atoms with van der Waals surface area (Å²) in [7, 11) is 0. The van der Waals surface area contributed by atoms with Gasteiger partial charge in [0.05, 0.1) is 5.69 Å². The van der Waals surface area contributed by atoms with E-state index in [1.54, 1.807) is 51.1 Å². The van der Waals surface area contributed by atoms with Gasteiger partial charge in [0.15, 0.2) is 0 Å². The van der Waals surface area contributed by atoms with Gasteiger partial charge in [-0.2, -0.15) is 0 Å². The minimum Gasteiger partial charge on any atom is -0.457 e. The van der Waals surface area contributed by atoms with Crippen molar-refractivity contribution < 1.29 is 27.4 Å². The second-order valence-electron chi connectivity index (χ2n) is 7.29. The summed E-state index contributed by atoms with van der Waals surface area (Å²) >= 11 is 0. The second-order valence-corrected chi connectivity index (χ2v) is 7.29. The lowest BCUT2D eigenvalue weighted by Crippen LogP contribution is -2.22. The van der Waals surface area contributed by atoms with Crippen LogP contribution in [-0.4, -0.2) is 30.1 Å². The smallest absolute Gasteiger partial charge is 0.457 e. The third kappa shape index (κ3) is 9.16. The molecule has 9 heteroatoms. The highest BCUT2D eigenvalue weighted by molar-refractivity contribution is 6.01. The molecule has 0 saturated heterocycles. The van der Waals surface area contributed by atoms with E-state index in [4.69, 9.17) is 10.5 Å². The number of nitrogens with zero attached hydrogens (tertiary/aromatic N) is 2. The molecule has 0 aliphatic heterocycles. The van der Waals surface area contributed by atoms with Gasteiger partial charge in [0.25, 0.3) is 0 Å². The second kappa shape index (κ2) is 9.92. The first-order valence-electron chi connectivity index (χ1n) is 9.14. The van der Waals surface area contributed by atoms with Crippen LogP contribution in [0, 0.1) is 0 Å². The highest BCUT2D eigenvalue weighted by atomic mass is 19.4. The Hall–Kier alpha value is -3.62. The molecule has 0 bridgehead atoms. The van der Waals surface area contributed by atoms with Crippen molar-refractivity contribution in [3.8, 4) is 5.75 Å². The van der Waals surface area contributed by atoms with Crippen LogP contribution in [0.4, 0.5) is 18.9 Å². The summed E-state index contributed by atoms with van der Waals surface area (Å²) in [5.74, 6) is -0.578. The van der Waals surface area contributed by atoms with Gasteiger partial charge in [-0.3, -0.25) is 0 Å². The van der Waals surface area contributed by atoms with Gasteiger partial charge in [-0.1, -0.05) is 24.3 Å². The van der Waals surface area contributed by atoms with E-state index in [1.807, 2.05) is 0 Å². The number of ether oxygens (including phenoxy) is 2. The van der Waals surface area contributed by atoms with Crippen LogP contribution in [0.5, 0.6) is 5.75 Å². The number of nitrogens with two attached hydrogens (primary N) is 1. The molecular formula is C22H22F3N3O3. The van der Waals surface area contributed by atoms with E-state index in [9.17, 15) is 18.0 Å². The van der Waals surface area contributed by atoms with Crippen LogP contribution in [0.15, 0.2) is 64.6 Å². The van der Waals surface area contributed by atoms with Gasteiger partial charge in [-0.15, -0.1) is 13.2 Å². The standard InChI is InChI=1S/C22H22F3N3O3/c1-21(2,3)31-19(29)13-6-15-4-7-16(8-5-15)20(26)28-14-27-17-9-11-18(12-10-17)30-22(23,24)25/h4-14H,1-3H3,(H2,26,27,28). The van der Waals surface area contributed by atoms with E-state index in [-0.39, 0.29) is 11.6 Å². The van der Waals surface area contributed by atoms with Gasteiger partial charge < -0.3 is 15.2 Å². The molecule has 0 aliphatic rings. The first kappa shape index (κ1) is 23.7. The Morgan fingerprint density at radius 3 is 2.16 bits per heavy atom. The molecule has 0 radical (unpaired) electrons. The molecule has 0 amide bonds. The Morgan fingerprint density at radius 1 is 1.00 bits per heavy atom. The zero-order valence-corrected chi connectivity index (χ0v) is 17.2. The van der Waals surface area contributed by atoms with Crippen LogP contribution in [0.25, 0.3) is 6.08 Å². The Labute approximate surface area is 177 Å². The van der Waals surface area contributed by atoms with Crippen molar-refractivity contribution in [2.45, 2.75) is 32.7 Å². The van der Waals surface area contributed by atoms with Crippen molar-refractivity contribution in [1.82, 2.24) is 0 Å². The van der Waals surface area contributed by atoms with Crippen LogP contribution >= 0.6 is 0 Å². The Bertz CT molecular complexity index is 972. The fourth-order valence-electron chi connectivity index (χ4n) is 2.23. The van der Waals surface area contributed by atoms with Gasteiger partial charge in [0.2, 0.25) is 0 Å². The number of rotatable bonds is 6. The summed E-state index contributed by atoms with van der Waals surface area (Å²) in [6.07, 6.45) is -0.579. The Morgan fingerprint density at radius 2 is 1.61 bits per heavy atom. The number of esters is 1. The largest absolute Gasteiger partial charge is 0.573 e. The van der Waals surface area contributed by atoms with Crippen molar-refractivity contribution in [3.63, 3.8) is 0 Å². The Balaban J connectivity index is 1.97. The molecule has 0 spiro atoms. The zero-order valence-electron chi connectivity index (χ0n) is 17.2. The lowest BCUT2D eigenvalue weighted by Gasteiger charge is -2.17. The normalized spacial score (nSPS) is 13.0. The SMILES string of the molecule is CC(C)(C)OC(=O)C=Cc1ccc(C(N)=NC=Nc2ccc(OC(F)(F)F)cc2)cc1. The van der Waals surface area contributed by atoms with E-state index in [0.29, 0.717) is 11.3 Å². The summed E-state index contributed by atoms with van der Waals surface area (Å²) in [5, 5.41) is 0. The number of halogens is 3. The topological polar surface area (TPSA) is 86.3 Å². The highest BCUT2D eigenvalue weighted by Crippen LogP contribution is 2.24. The zero-order chi connectivity index (χ0) is 23.1. The molecule has 164 valence electrons. The predicted molar refractivity (Wildman–Crippen MR) is 113 cm³/mol. The summed E-state index contributed by atoms with van der Waals surface area (Å²) < 4.78 is 45.4. The number of aliphatic imine (C=N–C) groups is 2. The third-order valence-corrected chi connectivity index (χ3v) is 3.50. The van der Waals surface area contributed by atoms with Crippen LogP contribution in [0.1, 0.15) is 31.9 Å². The van der Waals surface area contributed by atoms with Gasteiger partial charge >= 0.3 is 12.3 Å². The lowest BCUT2D eigenvalue weighted by molar-refractivity contribution is -0.274. The van der Waals surface area contributed by atoms with Crippen LogP contribution in [0.2, 0.25) is 0 Å². The summed E-state index contributed by atoms with van der Waals surface area (Å²) in [5.41, 5.74) is 7.15. The Kier molecular flexibility index (Phi) is 7.57. The molecule has 2 rings (SSSR count). The molecule has 2 aromatic rings. The average molecular weight is 433 g/mol. The van der Waals surface area contributed by atoms with Crippen LogP contribution < -0.4 is 10.5 Å². The summed E-state index contributed by atoms with van der Waals surface area (Å²) in [6.45, 7) is 5.36. The van der Waals surface area contributed by atoms with Crippen molar-refractivity contribution in [1.29, 1.82) is 0 Å². The number of alkyl halides is 3. The van der Waals surface area contributed by atoms with E-state index >= 15 is 0 Å². The molecule has 31 heavy (non-hydrogen) atoms. The molecule has 2 N–H and O–H groups in total. The monoisotopic (exact) mass is 433 g/mol. The van der Waals surface area contributed by atoms with Gasteiger partial charge in [-0.25, -0.2) is 14.8 Å². The van der Waals surface area contributed by atoms with Crippen molar-refractivity contribution in [3.05, 3.63) is 65.7 Å². The van der Waals surface area contributed by atoms with E-state index in [0.717, 1.165) is 17.7 Å². The maximum Gasteiger partial charge on any atom is 0.573 e. The number of amidine groups is 1. The number of benzene rings is 2. The van der Waals surface area contributed by atoms with Gasteiger partial charge in [0, 0.05) is 11.6 Å². The minimum absolute atomic E-state index is 0.198. The minimum atomic E-state index is -4.75. The molecule has 0 aromatic heterocycles. The van der Waals surface area contributed by atoms with Crippen molar-refractivity contribution >= 4 is 29.9 Å². The molecule has 0 atom stereocenters. The van der Waals surface area contributed by atoms with Crippen molar-refractivity contribution in [2.24, 2.45) is 15.7 Å². The van der Waals surface area contributed by atoms with Gasteiger partial charge in [-0.05, 0) is 56.7 Å². The molecule has 0 fully saturated rings. The van der Waals surface area contributed by atoms with Crippen molar-refractivity contribution in [2.75, 3.05) is 0 Å². The van der Waals surface area contributed by atoms with Gasteiger partial charge in [0.1, 0.15) is 23.5 Å². The first-order valence-corrected chi connectivity index (χ1v) is 9.14. The molecule has 2 aromatic carbocycles. The maximum atomic E-state index is 12.1. The molecule has 0 heterocycles. The first-order chi connectivity index (χ1) is 14.4. The fraction of sp³-hybridized carbons (Fsp3) is 0.227. The van der Waals surface area contributed by atoms with E-state index < -0.39 is 17.9 Å². The lowest BCUT2D eigenvalue weighted by atomic mass is 10.1. The third-order valence-electron chi connectivity index (χ3n) is 3.50. The maximum absolute atomic E-state index is 12.1. The molecule has 0 aliphatic carbocycles. The number of carbonyl (C=O) groups excluding carboxylic acids is 1. The molecule has 0 saturated carbocycles. The van der Waals surface area contributed by atoms with Crippen LogP contribution in [-0.2, 0) is 9.53 Å². The highest BCUT2D eigenvalue weighted by Gasteiger charge is 2.30. The molecular weight excluding hydrogens is 411 g/mol. The fourth-order valence-corrected chi connectivity index (χ4v) is 2.23. The summed E-state index contributed by atoms with van der Waals surface area (Å²) in [6, 6.07) is 12.0. The quantitative estimate of drug-likeness (QED) is 0.300. The summed E-state index contributed by atoms with van der Waals surface area (Å²) in [4.78, 5) is 19.7. The molecule has 0 unspecified atom stereocenters. The number of hydrogen-bond acceptors (Lipinski definition) is 4. The number of hydrogen-bond donors (Lipinski definition) is 1. The van der Waals surface area contributed by atoms with E-state index in [2.05, 4.69) is 14.7 Å². The predicted octanol–water partition coefficient (Wildman–Crippen LogP) is 5.01. The van der Waals surface area contributed by atoms with Crippen LogP contribution in [0.3, 0.4) is 0 Å². The molecule has 6 nitrogen and oxygen atoms in total. The number of carbonyl (C=O) groups is 1. The van der Waals surface area contributed by atoms with E-state index in [1.165, 1.54) is 24.5 Å².